The van der Waals surface area contributed by atoms with Crippen molar-refractivity contribution < 1.29 is 9.18 Å². The third kappa shape index (κ3) is 2.14. The third-order valence-corrected chi connectivity index (χ3v) is 4.20. The van der Waals surface area contributed by atoms with Gasteiger partial charge in [0.2, 0.25) is 0 Å². The second-order valence-corrected chi connectivity index (χ2v) is 5.84. The first-order chi connectivity index (χ1) is 9.58. The van der Waals surface area contributed by atoms with Crippen LogP contribution >= 0.6 is 15.9 Å². The van der Waals surface area contributed by atoms with Gasteiger partial charge < -0.3 is 4.90 Å². The van der Waals surface area contributed by atoms with Crippen molar-refractivity contribution in [3.8, 4) is 0 Å². The maximum Gasteiger partial charge on any atom is 0.258 e. The fraction of sp³-hybridized carbons (Fsp3) is 0.188. The van der Waals surface area contributed by atoms with Crippen molar-refractivity contribution in [2.45, 2.75) is 19.4 Å². The van der Waals surface area contributed by atoms with Crippen LogP contribution in [0.2, 0.25) is 0 Å². The van der Waals surface area contributed by atoms with Gasteiger partial charge in [-0.3, -0.25) is 4.79 Å². The summed E-state index contributed by atoms with van der Waals surface area (Å²) in [5.41, 5.74) is 2.61. The van der Waals surface area contributed by atoms with Crippen LogP contribution in [0.25, 0.3) is 0 Å². The van der Waals surface area contributed by atoms with Gasteiger partial charge in [-0.15, -0.1) is 0 Å². The molecule has 0 aliphatic carbocycles. The molecule has 0 aromatic heterocycles. The second kappa shape index (κ2) is 5.02. The van der Waals surface area contributed by atoms with Crippen molar-refractivity contribution in [2.24, 2.45) is 0 Å². The minimum atomic E-state index is -0.364. The first kappa shape index (κ1) is 13.3. The van der Waals surface area contributed by atoms with Crippen LogP contribution in [0.15, 0.2) is 46.9 Å². The number of carbonyl (C=O) groups excluding carboxylic acids is 1. The quantitative estimate of drug-likeness (QED) is 0.766. The summed E-state index contributed by atoms with van der Waals surface area (Å²) in [5, 5.41) is 0. The maximum absolute atomic E-state index is 13.3. The first-order valence-corrected chi connectivity index (χ1v) is 7.24. The van der Waals surface area contributed by atoms with E-state index in [1.54, 1.807) is 4.90 Å². The molecule has 2 nitrogen and oxygen atoms in total. The van der Waals surface area contributed by atoms with Crippen LogP contribution in [-0.4, -0.2) is 11.9 Å². The fourth-order valence-corrected chi connectivity index (χ4v) is 3.02. The van der Waals surface area contributed by atoms with Gasteiger partial charge in [0.1, 0.15) is 5.82 Å². The van der Waals surface area contributed by atoms with Gasteiger partial charge in [-0.05, 0) is 59.1 Å². The molecule has 0 saturated carbocycles. The Hall–Kier alpha value is -1.68. The largest absolute Gasteiger partial charge is 0.305 e. The zero-order chi connectivity index (χ0) is 14.3. The molecule has 0 spiro atoms. The molecule has 2 aromatic rings. The molecule has 1 unspecified atom stereocenters. The highest BCUT2D eigenvalue weighted by molar-refractivity contribution is 9.10. The molecule has 102 valence electrons. The van der Waals surface area contributed by atoms with Crippen LogP contribution in [0.3, 0.4) is 0 Å². The molecule has 4 heteroatoms. The number of halogens is 2. The van der Waals surface area contributed by atoms with Crippen LogP contribution in [0.4, 0.5) is 10.1 Å². The van der Waals surface area contributed by atoms with Gasteiger partial charge in [-0.2, -0.15) is 0 Å². The number of hydrogen-bond donors (Lipinski definition) is 0. The van der Waals surface area contributed by atoms with E-state index < -0.39 is 0 Å². The number of rotatable bonds is 1. The van der Waals surface area contributed by atoms with Crippen molar-refractivity contribution in [1.29, 1.82) is 0 Å². The van der Waals surface area contributed by atoms with E-state index in [-0.39, 0.29) is 17.8 Å². The first-order valence-electron chi connectivity index (χ1n) is 6.44. The molecule has 20 heavy (non-hydrogen) atoms. The van der Waals surface area contributed by atoms with E-state index in [0.29, 0.717) is 10.0 Å². The lowest BCUT2D eigenvalue weighted by molar-refractivity contribution is 0.0981. The van der Waals surface area contributed by atoms with Crippen LogP contribution in [0, 0.1) is 5.82 Å². The zero-order valence-electron chi connectivity index (χ0n) is 10.9. The van der Waals surface area contributed by atoms with E-state index in [4.69, 9.17) is 0 Å². The van der Waals surface area contributed by atoms with E-state index in [2.05, 4.69) is 15.9 Å². The molecule has 1 aliphatic rings. The number of amides is 1. The van der Waals surface area contributed by atoms with Gasteiger partial charge in [0.05, 0.1) is 4.47 Å². The smallest absolute Gasteiger partial charge is 0.258 e. The Labute approximate surface area is 125 Å². The van der Waals surface area contributed by atoms with Gasteiger partial charge in [-0.1, -0.05) is 18.2 Å². The van der Waals surface area contributed by atoms with Crippen LogP contribution in [0.5, 0.6) is 0 Å². The van der Waals surface area contributed by atoms with Gasteiger partial charge in [0, 0.05) is 17.3 Å². The number of carbonyl (C=O) groups is 1. The molecule has 1 amide bonds. The molecule has 0 fully saturated rings. The third-order valence-electron chi connectivity index (χ3n) is 3.59. The van der Waals surface area contributed by atoms with Crippen molar-refractivity contribution in [2.75, 3.05) is 4.90 Å². The average molecular weight is 334 g/mol. The highest BCUT2D eigenvalue weighted by Gasteiger charge is 2.31. The van der Waals surface area contributed by atoms with Gasteiger partial charge >= 0.3 is 0 Å². The lowest BCUT2D eigenvalue weighted by Crippen LogP contribution is -2.35. The summed E-state index contributed by atoms with van der Waals surface area (Å²) in [4.78, 5) is 14.5. The van der Waals surface area contributed by atoms with Crippen LogP contribution < -0.4 is 4.90 Å². The van der Waals surface area contributed by atoms with Crippen molar-refractivity contribution in [1.82, 2.24) is 0 Å². The minimum Gasteiger partial charge on any atom is -0.305 e. The van der Waals surface area contributed by atoms with Gasteiger partial charge in [-0.25, -0.2) is 4.39 Å². The monoisotopic (exact) mass is 333 g/mol. The summed E-state index contributed by atoms with van der Waals surface area (Å²) in [6.45, 7) is 2.02. The highest BCUT2D eigenvalue weighted by Crippen LogP contribution is 2.33. The summed E-state index contributed by atoms with van der Waals surface area (Å²) >= 11 is 3.12. The summed E-state index contributed by atoms with van der Waals surface area (Å²) in [6, 6.07) is 12.4. The highest BCUT2D eigenvalue weighted by atomic mass is 79.9. The Balaban J connectivity index is 2.00. The molecular weight excluding hydrogens is 321 g/mol. The van der Waals surface area contributed by atoms with E-state index in [1.807, 2.05) is 31.2 Å². The normalized spacial score (nSPS) is 17.1. The lowest BCUT2D eigenvalue weighted by Gasteiger charge is -2.23. The number of benzene rings is 2. The maximum atomic E-state index is 13.3. The Kier molecular flexibility index (Phi) is 3.34. The van der Waals surface area contributed by atoms with Gasteiger partial charge in [0.15, 0.2) is 0 Å². The average Bonchev–Trinajstić information content (AvgIpc) is 2.77. The molecule has 1 heterocycles. The molecule has 0 saturated heterocycles. The van der Waals surface area contributed by atoms with E-state index in [9.17, 15) is 9.18 Å². The molecular formula is C16H13BrFNO. The number of para-hydroxylation sites is 1. The Morgan fingerprint density at radius 3 is 2.80 bits per heavy atom. The Bertz CT molecular complexity index is 686. The number of nitrogens with zero attached hydrogens (tertiary/aromatic N) is 1. The van der Waals surface area contributed by atoms with Crippen LogP contribution in [-0.2, 0) is 6.42 Å². The summed E-state index contributed by atoms with van der Waals surface area (Å²) in [6.07, 6.45) is 0.851. The second-order valence-electron chi connectivity index (χ2n) is 4.99. The van der Waals surface area contributed by atoms with E-state index >= 15 is 0 Å². The topological polar surface area (TPSA) is 20.3 Å². The zero-order valence-corrected chi connectivity index (χ0v) is 12.5. The van der Waals surface area contributed by atoms with Crippen molar-refractivity contribution >= 4 is 27.5 Å². The van der Waals surface area contributed by atoms with Crippen molar-refractivity contribution in [3.63, 3.8) is 0 Å². The molecule has 1 atom stereocenters. The predicted molar refractivity (Wildman–Crippen MR) is 80.5 cm³/mol. The molecule has 0 bridgehead atoms. The number of hydrogen-bond acceptors (Lipinski definition) is 1. The predicted octanol–water partition coefficient (Wildman–Crippen LogP) is 4.18. The Morgan fingerprint density at radius 1 is 1.30 bits per heavy atom. The van der Waals surface area contributed by atoms with Crippen molar-refractivity contribution in [3.05, 3.63) is 63.9 Å². The van der Waals surface area contributed by atoms with Crippen LogP contribution in [0.1, 0.15) is 22.8 Å². The lowest BCUT2D eigenvalue weighted by atomic mass is 10.1. The minimum absolute atomic E-state index is 0.0943. The standard InChI is InChI=1S/C16H13BrFNO/c1-10-8-11-4-2-3-5-15(11)19(10)16(20)12-6-7-14(18)13(17)9-12/h2-7,9-10H,8H2,1H3. The molecule has 2 aromatic carbocycles. The molecule has 3 rings (SSSR count). The summed E-state index contributed by atoms with van der Waals surface area (Å²) in [5.74, 6) is -0.459. The molecule has 0 radical (unpaired) electrons. The number of anilines is 1. The fourth-order valence-electron chi connectivity index (χ4n) is 2.64. The summed E-state index contributed by atoms with van der Waals surface area (Å²) in [7, 11) is 0. The SMILES string of the molecule is CC1Cc2ccccc2N1C(=O)c1ccc(F)c(Br)c1. The summed E-state index contributed by atoms with van der Waals surface area (Å²) < 4.78 is 13.6. The molecule has 1 aliphatic heterocycles. The Morgan fingerprint density at radius 2 is 2.05 bits per heavy atom. The van der Waals surface area contributed by atoms with Gasteiger partial charge in [0.25, 0.3) is 5.91 Å². The van der Waals surface area contributed by atoms with E-state index in [0.717, 1.165) is 12.1 Å². The van der Waals surface area contributed by atoms with E-state index in [1.165, 1.54) is 23.8 Å². The molecule has 0 N–H and O–H groups in total. The number of fused-ring (bicyclic) bond motifs is 1.